The van der Waals surface area contributed by atoms with Crippen LogP contribution in [-0.2, 0) is 0 Å². The van der Waals surface area contributed by atoms with E-state index in [1.165, 1.54) is 19.3 Å². The predicted octanol–water partition coefficient (Wildman–Crippen LogP) is 4.24. The maximum Gasteiger partial charge on any atom is 0.254 e. The van der Waals surface area contributed by atoms with Gasteiger partial charge in [-0.3, -0.25) is 4.79 Å². The first-order valence-corrected chi connectivity index (χ1v) is 8.04. The first-order chi connectivity index (χ1) is 9.60. The Morgan fingerprint density at radius 2 is 2.00 bits per heavy atom. The molecule has 3 rings (SSSR count). The fourth-order valence-electron chi connectivity index (χ4n) is 3.97. The zero-order valence-corrected chi connectivity index (χ0v) is 12.9. The van der Waals surface area contributed by atoms with Crippen LogP contribution in [-0.4, -0.2) is 23.4 Å². The van der Waals surface area contributed by atoms with Gasteiger partial charge in [0.15, 0.2) is 0 Å². The minimum Gasteiger partial charge on any atom is -0.335 e. The third kappa shape index (κ3) is 2.35. The van der Waals surface area contributed by atoms with Gasteiger partial charge in [-0.2, -0.15) is 0 Å². The van der Waals surface area contributed by atoms with Crippen LogP contribution in [0.25, 0.3) is 0 Å². The van der Waals surface area contributed by atoms with Gasteiger partial charge in [0, 0.05) is 23.2 Å². The molecule has 0 radical (unpaired) electrons. The Morgan fingerprint density at radius 3 is 2.65 bits per heavy atom. The molecule has 0 unspecified atom stereocenters. The largest absolute Gasteiger partial charge is 0.335 e. The smallest absolute Gasteiger partial charge is 0.254 e. The predicted molar refractivity (Wildman–Crippen MR) is 81.9 cm³/mol. The Labute approximate surface area is 126 Å². The van der Waals surface area contributed by atoms with Crippen molar-refractivity contribution < 1.29 is 4.79 Å². The molecule has 2 fully saturated rings. The number of benzene rings is 1. The first-order valence-electron chi connectivity index (χ1n) is 7.66. The maximum atomic E-state index is 12.7. The summed E-state index contributed by atoms with van der Waals surface area (Å²) in [7, 11) is 0. The molecule has 1 aliphatic carbocycles. The summed E-state index contributed by atoms with van der Waals surface area (Å²) >= 11 is 5.90. The van der Waals surface area contributed by atoms with E-state index in [9.17, 15) is 4.79 Å². The quantitative estimate of drug-likeness (QED) is 0.798. The van der Waals surface area contributed by atoms with Gasteiger partial charge in [-0.15, -0.1) is 0 Å². The van der Waals surface area contributed by atoms with Gasteiger partial charge in [0.25, 0.3) is 5.91 Å². The molecule has 4 atom stereocenters. The Hall–Kier alpha value is -1.02. The highest BCUT2D eigenvalue weighted by Gasteiger charge is 2.46. The van der Waals surface area contributed by atoms with Crippen LogP contribution < -0.4 is 0 Å². The standard InChI is InChI=1S/C17H22ClNO/c1-3-12-8-14-10-19(16(9-12)11(14)2)17(20)13-4-6-15(18)7-5-13/h4-7,11-12,14,16H,3,8-10H2,1-2H3/t11-,12+,14-,16-/m1/s1. The van der Waals surface area contributed by atoms with Gasteiger partial charge < -0.3 is 4.90 Å². The third-order valence-corrected chi connectivity index (χ3v) is 5.57. The molecule has 108 valence electrons. The van der Waals surface area contributed by atoms with E-state index in [1.54, 1.807) is 12.1 Å². The van der Waals surface area contributed by atoms with Crippen LogP contribution in [0.4, 0.5) is 0 Å². The number of amides is 1. The van der Waals surface area contributed by atoms with E-state index >= 15 is 0 Å². The maximum absolute atomic E-state index is 12.7. The number of hydrogen-bond donors (Lipinski definition) is 0. The lowest BCUT2D eigenvalue weighted by Crippen LogP contribution is -2.39. The number of carbonyl (C=O) groups is 1. The molecule has 3 heteroatoms. The highest BCUT2D eigenvalue weighted by atomic mass is 35.5. The van der Waals surface area contributed by atoms with E-state index in [2.05, 4.69) is 18.7 Å². The third-order valence-electron chi connectivity index (χ3n) is 5.32. The van der Waals surface area contributed by atoms with Crippen molar-refractivity contribution in [1.29, 1.82) is 0 Å². The van der Waals surface area contributed by atoms with E-state index in [0.29, 0.717) is 22.9 Å². The van der Waals surface area contributed by atoms with Gasteiger partial charge in [0.05, 0.1) is 0 Å². The van der Waals surface area contributed by atoms with Crippen molar-refractivity contribution in [3.63, 3.8) is 0 Å². The molecular formula is C17H22ClNO. The number of carbonyl (C=O) groups excluding carboxylic acids is 1. The summed E-state index contributed by atoms with van der Waals surface area (Å²) in [5, 5.41) is 0.682. The van der Waals surface area contributed by atoms with Gasteiger partial charge in [-0.05, 0) is 54.9 Å². The average molecular weight is 292 g/mol. The summed E-state index contributed by atoms with van der Waals surface area (Å²) in [5.74, 6) is 2.31. The van der Waals surface area contributed by atoms with Gasteiger partial charge in [-0.1, -0.05) is 31.9 Å². The number of halogens is 1. The monoisotopic (exact) mass is 291 g/mol. The van der Waals surface area contributed by atoms with Crippen LogP contribution in [0.5, 0.6) is 0 Å². The molecule has 1 amide bonds. The fourth-order valence-corrected chi connectivity index (χ4v) is 4.10. The van der Waals surface area contributed by atoms with Gasteiger partial charge in [-0.25, -0.2) is 0 Å². The van der Waals surface area contributed by atoms with E-state index in [-0.39, 0.29) is 5.91 Å². The second-order valence-corrected chi connectivity index (χ2v) is 6.83. The van der Waals surface area contributed by atoms with Crippen molar-refractivity contribution in [2.75, 3.05) is 6.54 Å². The van der Waals surface area contributed by atoms with E-state index in [0.717, 1.165) is 18.0 Å². The molecule has 1 aromatic rings. The molecule has 1 saturated carbocycles. The van der Waals surface area contributed by atoms with Crippen molar-refractivity contribution >= 4 is 17.5 Å². The molecule has 2 aliphatic rings. The zero-order valence-electron chi connectivity index (χ0n) is 12.2. The average Bonchev–Trinajstić information content (AvgIpc) is 2.65. The highest BCUT2D eigenvalue weighted by Crippen LogP contribution is 2.44. The first kappa shape index (κ1) is 13.9. The molecule has 2 bridgehead atoms. The van der Waals surface area contributed by atoms with Crippen LogP contribution in [0.3, 0.4) is 0 Å². The van der Waals surface area contributed by atoms with Crippen molar-refractivity contribution in [3.8, 4) is 0 Å². The molecule has 20 heavy (non-hydrogen) atoms. The van der Waals surface area contributed by atoms with Crippen LogP contribution in [0, 0.1) is 17.8 Å². The summed E-state index contributed by atoms with van der Waals surface area (Å²) in [4.78, 5) is 14.8. The highest BCUT2D eigenvalue weighted by molar-refractivity contribution is 6.30. The van der Waals surface area contributed by atoms with Crippen molar-refractivity contribution in [3.05, 3.63) is 34.9 Å². The summed E-state index contributed by atoms with van der Waals surface area (Å²) in [6.07, 6.45) is 3.70. The van der Waals surface area contributed by atoms with Crippen LogP contribution in [0.15, 0.2) is 24.3 Å². The molecular weight excluding hydrogens is 270 g/mol. The van der Waals surface area contributed by atoms with Crippen molar-refractivity contribution in [2.45, 2.75) is 39.2 Å². The van der Waals surface area contributed by atoms with Gasteiger partial charge >= 0.3 is 0 Å². The van der Waals surface area contributed by atoms with E-state index < -0.39 is 0 Å². The van der Waals surface area contributed by atoms with Gasteiger partial charge in [0.2, 0.25) is 0 Å². The molecule has 0 N–H and O–H groups in total. The minimum atomic E-state index is 0.178. The van der Waals surface area contributed by atoms with Crippen molar-refractivity contribution in [2.24, 2.45) is 17.8 Å². The van der Waals surface area contributed by atoms with Gasteiger partial charge in [0.1, 0.15) is 0 Å². The SMILES string of the molecule is CC[C@H]1C[C@@H]2CN(C(=O)c3ccc(Cl)cc3)[C@H](C1)[C@@H]2C. The molecule has 1 saturated heterocycles. The number of hydrogen-bond acceptors (Lipinski definition) is 1. The normalized spacial score (nSPS) is 32.5. The lowest BCUT2D eigenvalue weighted by Gasteiger charge is -2.34. The lowest BCUT2D eigenvalue weighted by molar-refractivity contribution is 0.0698. The number of rotatable bonds is 2. The number of nitrogens with zero attached hydrogens (tertiary/aromatic N) is 1. The molecule has 0 spiro atoms. The lowest BCUT2D eigenvalue weighted by atomic mass is 9.74. The zero-order chi connectivity index (χ0) is 14.3. The van der Waals surface area contributed by atoms with Crippen molar-refractivity contribution in [1.82, 2.24) is 4.90 Å². The van der Waals surface area contributed by atoms with Crippen LogP contribution >= 0.6 is 11.6 Å². The fraction of sp³-hybridized carbons (Fsp3) is 0.588. The Bertz CT molecular complexity index is 498. The molecule has 1 aromatic carbocycles. The second kappa shape index (κ2) is 5.40. The minimum absolute atomic E-state index is 0.178. The number of likely N-dealkylation sites (tertiary alicyclic amines) is 1. The Balaban J connectivity index is 1.81. The molecule has 1 heterocycles. The Kier molecular flexibility index (Phi) is 3.76. The summed E-state index contributed by atoms with van der Waals surface area (Å²) < 4.78 is 0. The van der Waals surface area contributed by atoms with Crippen LogP contribution in [0.1, 0.15) is 43.5 Å². The summed E-state index contributed by atoms with van der Waals surface area (Å²) in [6.45, 7) is 5.52. The van der Waals surface area contributed by atoms with E-state index in [4.69, 9.17) is 11.6 Å². The summed E-state index contributed by atoms with van der Waals surface area (Å²) in [6, 6.07) is 7.72. The molecule has 2 nitrogen and oxygen atoms in total. The summed E-state index contributed by atoms with van der Waals surface area (Å²) in [5.41, 5.74) is 0.766. The number of fused-ring (bicyclic) bond motifs is 2. The van der Waals surface area contributed by atoms with E-state index in [1.807, 2.05) is 12.1 Å². The second-order valence-electron chi connectivity index (χ2n) is 6.40. The molecule has 0 aromatic heterocycles. The Morgan fingerprint density at radius 1 is 1.30 bits per heavy atom. The molecule has 1 aliphatic heterocycles. The topological polar surface area (TPSA) is 20.3 Å². The van der Waals surface area contributed by atoms with Crippen LogP contribution in [0.2, 0.25) is 5.02 Å².